The number of urea groups is 1. The molecule has 0 aliphatic heterocycles. The summed E-state index contributed by atoms with van der Waals surface area (Å²) in [6.45, 7) is 8.92. The Morgan fingerprint density at radius 2 is 1.68 bits per heavy atom. The maximum Gasteiger partial charge on any atom is 0.407 e. The first-order chi connectivity index (χ1) is 20.7. The Hall–Kier alpha value is -3.68. The summed E-state index contributed by atoms with van der Waals surface area (Å²) in [4.78, 5) is 31.8. The van der Waals surface area contributed by atoms with E-state index in [1.165, 1.54) is 41.5 Å². The van der Waals surface area contributed by atoms with E-state index in [0.717, 1.165) is 30.7 Å². The van der Waals surface area contributed by atoms with Crippen LogP contribution in [0.3, 0.4) is 0 Å². The molecule has 4 N–H and O–H groups in total. The van der Waals surface area contributed by atoms with Crippen molar-refractivity contribution < 1.29 is 27.9 Å². The van der Waals surface area contributed by atoms with Crippen molar-refractivity contribution in [2.24, 2.45) is 0 Å². The summed E-state index contributed by atoms with van der Waals surface area (Å²) in [7, 11) is -2.55. The number of ether oxygens (including phenoxy) is 1. The van der Waals surface area contributed by atoms with Gasteiger partial charge in [0.05, 0.1) is 32.3 Å². The first kappa shape index (κ1) is 33.2. The number of hydrogen-bond acceptors (Lipinski definition) is 8. The van der Waals surface area contributed by atoms with Crippen molar-refractivity contribution in [3.8, 4) is 16.2 Å². The zero-order chi connectivity index (χ0) is 32.2. The molecule has 1 fully saturated rings. The molecule has 0 spiro atoms. The highest BCUT2D eigenvalue weighted by Crippen LogP contribution is 2.41. The van der Waals surface area contributed by atoms with Crippen molar-refractivity contribution in [2.45, 2.75) is 88.8 Å². The number of thiazole rings is 1. The molecule has 44 heavy (non-hydrogen) atoms. The molecule has 13 heteroatoms. The molecule has 0 saturated heterocycles. The van der Waals surface area contributed by atoms with Gasteiger partial charge < -0.3 is 20.5 Å². The topological polar surface area (TPSA) is 150 Å². The minimum atomic E-state index is -4.04. The smallest absolute Gasteiger partial charge is 0.407 e. The molecule has 1 aliphatic carbocycles. The molecular weight excluding hydrogens is 603 g/mol. The fraction of sp³-hybridized carbons (Fsp3) is 0.452. The van der Waals surface area contributed by atoms with Crippen LogP contribution in [0.1, 0.15) is 71.2 Å². The average Bonchev–Trinajstić information content (AvgIpc) is 3.43. The van der Waals surface area contributed by atoms with Gasteiger partial charge in [0.25, 0.3) is 0 Å². The predicted molar refractivity (Wildman–Crippen MR) is 172 cm³/mol. The number of hydrogen-bond donors (Lipinski definition) is 4. The Kier molecular flexibility index (Phi) is 10.2. The lowest BCUT2D eigenvalue weighted by Gasteiger charge is -2.28. The van der Waals surface area contributed by atoms with Crippen molar-refractivity contribution >= 4 is 44.9 Å². The van der Waals surface area contributed by atoms with Crippen LogP contribution in [-0.4, -0.2) is 55.4 Å². The Labute approximate surface area is 263 Å². The fourth-order valence-corrected chi connectivity index (χ4v) is 7.98. The predicted octanol–water partition coefficient (Wildman–Crippen LogP) is 6.23. The van der Waals surface area contributed by atoms with Crippen LogP contribution >= 0.6 is 11.3 Å². The number of nitrogens with zero attached hydrogens (tertiary/aromatic N) is 2. The molecule has 0 radical (unpaired) electrons. The molecule has 11 nitrogen and oxygen atoms in total. The molecule has 3 aromatic rings. The number of aromatic nitrogens is 1. The molecule has 1 aromatic heterocycles. The Balaban J connectivity index is 1.66. The second-order valence-corrected chi connectivity index (χ2v) is 14.9. The quantitative estimate of drug-likeness (QED) is 0.227. The normalized spacial score (nSPS) is 17.2. The first-order valence-corrected chi connectivity index (χ1v) is 16.9. The van der Waals surface area contributed by atoms with Crippen LogP contribution in [0.15, 0.2) is 53.6 Å². The summed E-state index contributed by atoms with van der Waals surface area (Å²) < 4.78 is 35.6. The molecule has 1 heterocycles. The van der Waals surface area contributed by atoms with Crippen LogP contribution < -0.4 is 20.3 Å². The third-order valence-electron chi connectivity index (χ3n) is 7.01. The SMILES string of the molecule is CNC(=O)N(c1ccc(O)cc1)c1ccc(-c2cnc(C3CCC(NC(=O)OC(C)C)CC3)s2)c(S(=O)(=O)NC(C)(C)C)c1. The van der Waals surface area contributed by atoms with Gasteiger partial charge in [0.2, 0.25) is 10.0 Å². The number of aromatic hydroxyl groups is 1. The van der Waals surface area contributed by atoms with E-state index in [4.69, 9.17) is 4.74 Å². The van der Waals surface area contributed by atoms with Crippen LogP contribution in [-0.2, 0) is 14.8 Å². The number of benzene rings is 2. The largest absolute Gasteiger partial charge is 0.508 e. The van der Waals surface area contributed by atoms with Crippen molar-refractivity contribution in [3.05, 3.63) is 53.7 Å². The van der Waals surface area contributed by atoms with Crippen molar-refractivity contribution in [3.63, 3.8) is 0 Å². The number of phenolic OH excluding ortho intramolecular Hbond substituents is 1. The zero-order valence-corrected chi connectivity index (χ0v) is 27.5. The first-order valence-electron chi connectivity index (χ1n) is 14.6. The fourth-order valence-electron chi connectivity index (χ4n) is 5.13. The highest BCUT2D eigenvalue weighted by atomic mass is 32.2. The van der Waals surface area contributed by atoms with Crippen LogP contribution in [0.4, 0.5) is 21.0 Å². The zero-order valence-electron chi connectivity index (χ0n) is 25.9. The molecule has 0 atom stereocenters. The van der Waals surface area contributed by atoms with E-state index in [-0.39, 0.29) is 28.7 Å². The van der Waals surface area contributed by atoms with E-state index in [9.17, 15) is 23.1 Å². The maximum absolute atomic E-state index is 13.8. The van der Waals surface area contributed by atoms with Gasteiger partial charge in [0.1, 0.15) is 5.75 Å². The lowest BCUT2D eigenvalue weighted by atomic mass is 9.86. The standard InChI is InChI=1S/C31H41N5O6S2/c1-19(2)42-30(39)34-21-9-7-20(8-10-21)28-33-18-26(43-28)25-16-13-23(17-27(25)44(40,41)35-31(3,4)5)36(29(38)32-6)22-11-14-24(37)15-12-22/h11-21,35,37H,7-10H2,1-6H3,(H,32,38)(H,34,39). The van der Waals surface area contributed by atoms with Crippen LogP contribution in [0.2, 0.25) is 0 Å². The van der Waals surface area contributed by atoms with Gasteiger partial charge in [-0.15, -0.1) is 11.3 Å². The maximum atomic E-state index is 13.8. The average molecular weight is 644 g/mol. The van der Waals surface area contributed by atoms with E-state index in [2.05, 4.69) is 20.3 Å². The number of carbonyl (C=O) groups excluding carboxylic acids is 2. The number of alkyl carbamates (subject to hydrolysis) is 1. The van der Waals surface area contributed by atoms with E-state index >= 15 is 0 Å². The van der Waals surface area contributed by atoms with Gasteiger partial charge >= 0.3 is 12.1 Å². The lowest BCUT2D eigenvalue weighted by molar-refractivity contribution is 0.109. The number of rotatable bonds is 8. The summed E-state index contributed by atoms with van der Waals surface area (Å²) in [5.74, 6) is 0.233. The van der Waals surface area contributed by atoms with Crippen molar-refractivity contribution in [2.75, 3.05) is 11.9 Å². The summed E-state index contributed by atoms with van der Waals surface area (Å²) >= 11 is 1.45. The number of phenols is 1. The van der Waals surface area contributed by atoms with Crippen molar-refractivity contribution in [1.82, 2.24) is 20.3 Å². The van der Waals surface area contributed by atoms with Gasteiger partial charge in [-0.05, 0) is 96.7 Å². The third-order valence-corrected chi connectivity index (χ3v) is 10.00. The summed E-state index contributed by atoms with van der Waals surface area (Å²) in [6, 6.07) is 10.5. The Bertz CT molecular complexity index is 1570. The van der Waals surface area contributed by atoms with E-state index in [1.54, 1.807) is 51.2 Å². The molecule has 2 aromatic carbocycles. The van der Waals surface area contributed by atoms with Crippen molar-refractivity contribution in [1.29, 1.82) is 0 Å². The van der Waals surface area contributed by atoms with Gasteiger partial charge in [0.15, 0.2) is 0 Å². The second-order valence-electron chi connectivity index (χ2n) is 12.2. The summed E-state index contributed by atoms with van der Waals surface area (Å²) in [6.07, 6.45) is 4.38. The molecule has 0 bridgehead atoms. The van der Waals surface area contributed by atoms with Gasteiger partial charge in [-0.2, -0.15) is 0 Å². The number of amides is 3. The van der Waals surface area contributed by atoms with Crippen LogP contribution in [0.25, 0.3) is 10.4 Å². The number of carbonyl (C=O) groups is 2. The van der Waals surface area contributed by atoms with E-state index < -0.39 is 27.7 Å². The second kappa shape index (κ2) is 13.5. The monoisotopic (exact) mass is 643 g/mol. The molecule has 1 aliphatic rings. The molecule has 1 saturated carbocycles. The lowest BCUT2D eigenvalue weighted by Crippen LogP contribution is -2.40. The summed E-state index contributed by atoms with van der Waals surface area (Å²) in [5, 5.41) is 16.2. The van der Waals surface area contributed by atoms with Crippen LogP contribution in [0.5, 0.6) is 5.75 Å². The Morgan fingerprint density at radius 3 is 2.27 bits per heavy atom. The minimum Gasteiger partial charge on any atom is -0.508 e. The molecule has 238 valence electrons. The van der Waals surface area contributed by atoms with Gasteiger partial charge in [-0.1, -0.05) is 6.07 Å². The highest BCUT2D eigenvalue weighted by Gasteiger charge is 2.30. The highest BCUT2D eigenvalue weighted by molar-refractivity contribution is 7.89. The molecule has 3 amide bonds. The van der Waals surface area contributed by atoms with E-state index in [1.807, 2.05) is 13.8 Å². The third kappa shape index (κ3) is 8.27. The van der Waals surface area contributed by atoms with Gasteiger partial charge in [-0.25, -0.2) is 27.7 Å². The summed E-state index contributed by atoms with van der Waals surface area (Å²) in [5.41, 5.74) is 0.504. The minimum absolute atomic E-state index is 0.0179. The van der Waals surface area contributed by atoms with E-state index in [0.29, 0.717) is 21.8 Å². The number of anilines is 2. The Morgan fingerprint density at radius 1 is 1.05 bits per heavy atom. The molecule has 4 rings (SSSR count). The number of sulfonamides is 1. The molecular formula is C31H41N5O6S2. The van der Waals surface area contributed by atoms with Gasteiger partial charge in [-0.3, -0.25) is 4.90 Å². The molecule has 0 unspecified atom stereocenters. The number of nitrogens with one attached hydrogen (secondary N) is 3. The van der Waals surface area contributed by atoms with Gasteiger partial charge in [0, 0.05) is 36.3 Å². The van der Waals surface area contributed by atoms with Crippen LogP contribution in [0, 0.1) is 0 Å².